The molecule has 0 aromatic carbocycles. The summed E-state index contributed by atoms with van der Waals surface area (Å²) >= 11 is 2.81. The quantitative estimate of drug-likeness (QED) is 0.784. The molecule has 0 spiro atoms. The Morgan fingerprint density at radius 3 is 2.89 bits per heavy atom. The summed E-state index contributed by atoms with van der Waals surface area (Å²) in [6.07, 6.45) is 0.853. The van der Waals surface area contributed by atoms with Gasteiger partial charge >= 0.3 is 0 Å². The molecule has 0 bridgehead atoms. The van der Waals surface area contributed by atoms with Crippen LogP contribution >= 0.6 is 22.7 Å². The molecule has 2 aromatic rings. The van der Waals surface area contributed by atoms with Gasteiger partial charge in [0.05, 0.1) is 5.69 Å². The predicted octanol–water partition coefficient (Wildman–Crippen LogP) is 2.02. The zero-order chi connectivity index (χ0) is 13.8. The van der Waals surface area contributed by atoms with Crippen molar-refractivity contribution in [2.45, 2.75) is 6.42 Å². The van der Waals surface area contributed by atoms with E-state index < -0.39 is 5.91 Å². The third kappa shape index (κ3) is 2.86. The number of amides is 1. The molecule has 5 nitrogen and oxygen atoms in total. The third-order valence-electron chi connectivity index (χ3n) is 2.52. The zero-order valence-corrected chi connectivity index (χ0v) is 11.6. The second kappa shape index (κ2) is 5.73. The molecule has 0 aliphatic heterocycles. The lowest BCUT2D eigenvalue weighted by atomic mass is 10.2. The zero-order valence-electron chi connectivity index (χ0n) is 9.97. The van der Waals surface area contributed by atoms with Crippen LogP contribution in [0.15, 0.2) is 17.5 Å². The number of nitrogen functional groups attached to an aromatic ring is 1. The highest BCUT2D eigenvalue weighted by Gasteiger charge is 2.18. The topological polar surface area (TPSA) is 105 Å². The van der Waals surface area contributed by atoms with Crippen molar-refractivity contribution in [3.63, 3.8) is 0 Å². The fraction of sp³-hybridized carbons (Fsp3) is 0.167. The largest absolute Gasteiger partial charge is 0.396 e. The molecule has 2 heterocycles. The number of nitriles is 1. The first kappa shape index (κ1) is 13.4. The molecule has 0 atom stereocenters. The summed E-state index contributed by atoms with van der Waals surface area (Å²) in [5.41, 5.74) is 11.4. The second-order valence-corrected chi connectivity index (χ2v) is 5.83. The predicted molar refractivity (Wildman–Crippen MR) is 78.5 cm³/mol. The molecule has 0 aliphatic carbocycles. The van der Waals surface area contributed by atoms with Gasteiger partial charge in [0.2, 0.25) is 0 Å². The van der Waals surface area contributed by atoms with Gasteiger partial charge in [-0.05, 0) is 17.9 Å². The number of primary amides is 1. The highest BCUT2D eigenvalue weighted by Crippen LogP contribution is 2.34. The standard InChI is InChI=1S/C12H12N4OS2/c13-6-8-9(14)10(11(15)17)19-12(8)16-4-3-7-2-1-5-18-7/h1-2,5,16H,3-4,14H2,(H2,15,17). The maximum Gasteiger partial charge on any atom is 0.261 e. The minimum absolute atomic E-state index is 0.165. The Bertz CT molecular complexity index is 625. The van der Waals surface area contributed by atoms with Crippen molar-refractivity contribution in [2.75, 3.05) is 17.6 Å². The van der Waals surface area contributed by atoms with Crippen LogP contribution in [0.5, 0.6) is 0 Å². The van der Waals surface area contributed by atoms with Crippen LogP contribution in [-0.2, 0) is 6.42 Å². The van der Waals surface area contributed by atoms with Crippen molar-refractivity contribution in [3.8, 4) is 6.07 Å². The van der Waals surface area contributed by atoms with E-state index in [0.29, 0.717) is 17.1 Å². The van der Waals surface area contributed by atoms with Crippen molar-refractivity contribution < 1.29 is 4.79 Å². The number of hydrogen-bond donors (Lipinski definition) is 3. The van der Waals surface area contributed by atoms with E-state index in [2.05, 4.69) is 11.4 Å². The van der Waals surface area contributed by atoms with E-state index >= 15 is 0 Å². The molecule has 2 aromatic heterocycles. The smallest absolute Gasteiger partial charge is 0.261 e. The first-order chi connectivity index (χ1) is 9.13. The molecule has 0 fully saturated rings. The summed E-state index contributed by atoms with van der Waals surface area (Å²) in [6.45, 7) is 0.674. The van der Waals surface area contributed by atoms with E-state index in [0.717, 1.165) is 17.8 Å². The number of nitrogens with one attached hydrogen (secondary N) is 1. The molecular formula is C12H12N4OS2. The summed E-state index contributed by atoms with van der Waals surface area (Å²) in [4.78, 5) is 12.7. The van der Waals surface area contributed by atoms with Crippen LogP contribution in [0.3, 0.4) is 0 Å². The Kier molecular flexibility index (Phi) is 4.04. The molecule has 0 saturated carbocycles. The van der Waals surface area contributed by atoms with Crippen molar-refractivity contribution in [2.24, 2.45) is 5.73 Å². The molecule has 0 aliphatic rings. The molecule has 98 valence electrons. The van der Waals surface area contributed by atoms with E-state index in [-0.39, 0.29) is 10.6 Å². The summed E-state index contributed by atoms with van der Waals surface area (Å²) in [5, 5.41) is 14.8. The Morgan fingerprint density at radius 2 is 2.32 bits per heavy atom. The van der Waals surface area contributed by atoms with Gasteiger partial charge in [-0.2, -0.15) is 5.26 Å². The lowest BCUT2D eigenvalue weighted by Gasteiger charge is -2.02. The van der Waals surface area contributed by atoms with E-state index in [1.807, 2.05) is 17.5 Å². The fourth-order valence-corrected chi connectivity index (χ4v) is 3.27. The van der Waals surface area contributed by atoms with Crippen LogP contribution < -0.4 is 16.8 Å². The summed E-state index contributed by atoms with van der Waals surface area (Å²) < 4.78 is 0. The number of carbonyl (C=O) groups excluding carboxylic acids is 1. The van der Waals surface area contributed by atoms with Crippen molar-refractivity contribution >= 4 is 39.3 Å². The molecule has 0 unspecified atom stereocenters. The molecule has 7 heteroatoms. The van der Waals surface area contributed by atoms with Crippen LogP contribution in [0.2, 0.25) is 0 Å². The van der Waals surface area contributed by atoms with Crippen LogP contribution in [0.1, 0.15) is 20.1 Å². The lowest BCUT2D eigenvalue weighted by Crippen LogP contribution is -2.10. The van der Waals surface area contributed by atoms with E-state index in [1.165, 1.54) is 4.88 Å². The average Bonchev–Trinajstić information content (AvgIpc) is 2.97. The lowest BCUT2D eigenvalue weighted by molar-refractivity contribution is 0.100. The molecule has 0 radical (unpaired) electrons. The number of thiophene rings is 2. The SMILES string of the molecule is N#Cc1c(NCCc2cccs2)sc(C(N)=O)c1N. The fourth-order valence-electron chi connectivity index (χ4n) is 1.62. The van der Waals surface area contributed by atoms with Gasteiger partial charge in [-0.3, -0.25) is 4.79 Å². The second-order valence-electron chi connectivity index (χ2n) is 3.78. The van der Waals surface area contributed by atoms with Gasteiger partial charge in [-0.1, -0.05) is 6.07 Å². The Morgan fingerprint density at radius 1 is 1.53 bits per heavy atom. The Balaban J connectivity index is 2.10. The number of hydrogen-bond acceptors (Lipinski definition) is 6. The van der Waals surface area contributed by atoms with E-state index in [1.54, 1.807) is 11.3 Å². The van der Waals surface area contributed by atoms with Crippen molar-refractivity contribution in [3.05, 3.63) is 32.8 Å². The normalized spacial score (nSPS) is 10.1. The van der Waals surface area contributed by atoms with Gasteiger partial charge < -0.3 is 16.8 Å². The molecule has 0 saturated heterocycles. The highest BCUT2D eigenvalue weighted by molar-refractivity contribution is 7.18. The maximum absolute atomic E-state index is 11.2. The van der Waals surface area contributed by atoms with E-state index in [4.69, 9.17) is 16.7 Å². The number of anilines is 2. The number of carbonyl (C=O) groups is 1. The maximum atomic E-state index is 11.2. The van der Waals surface area contributed by atoms with Crippen molar-refractivity contribution in [1.82, 2.24) is 0 Å². The van der Waals surface area contributed by atoms with Gasteiger partial charge in [0, 0.05) is 11.4 Å². The number of rotatable bonds is 5. The summed E-state index contributed by atoms with van der Waals surface area (Å²) in [7, 11) is 0. The summed E-state index contributed by atoms with van der Waals surface area (Å²) in [5.74, 6) is -0.606. The van der Waals surface area contributed by atoms with E-state index in [9.17, 15) is 4.79 Å². The van der Waals surface area contributed by atoms with Crippen LogP contribution in [0.25, 0.3) is 0 Å². The Hall–Kier alpha value is -2.04. The first-order valence-corrected chi connectivity index (χ1v) is 7.21. The van der Waals surface area contributed by atoms with Gasteiger partial charge in [-0.15, -0.1) is 22.7 Å². The molecular weight excluding hydrogens is 280 g/mol. The van der Waals surface area contributed by atoms with Crippen LogP contribution in [0, 0.1) is 11.3 Å². The van der Waals surface area contributed by atoms with Crippen LogP contribution in [0.4, 0.5) is 10.7 Å². The molecule has 19 heavy (non-hydrogen) atoms. The highest BCUT2D eigenvalue weighted by atomic mass is 32.1. The monoisotopic (exact) mass is 292 g/mol. The number of nitrogens with two attached hydrogens (primary N) is 2. The number of nitrogens with zero attached hydrogens (tertiary/aromatic N) is 1. The van der Waals surface area contributed by atoms with Gasteiger partial charge in [-0.25, -0.2) is 0 Å². The minimum atomic E-state index is -0.606. The van der Waals surface area contributed by atoms with Gasteiger partial charge in [0.25, 0.3) is 5.91 Å². The Labute approximate surface area is 118 Å². The minimum Gasteiger partial charge on any atom is -0.396 e. The molecule has 2 rings (SSSR count). The molecule has 1 amide bonds. The first-order valence-electron chi connectivity index (χ1n) is 5.52. The molecule has 5 N–H and O–H groups in total. The van der Waals surface area contributed by atoms with Gasteiger partial charge in [0.15, 0.2) is 0 Å². The third-order valence-corrected chi connectivity index (χ3v) is 4.63. The van der Waals surface area contributed by atoms with Crippen molar-refractivity contribution in [1.29, 1.82) is 5.26 Å². The van der Waals surface area contributed by atoms with Gasteiger partial charge in [0.1, 0.15) is 21.5 Å². The van der Waals surface area contributed by atoms with Crippen LogP contribution in [-0.4, -0.2) is 12.5 Å². The average molecular weight is 292 g/mol. The summed E-state index contributed by atoms with van der Waals surface area (Å²) in [6, 6.07) is 6.05.